The zero-order valence-electron chi connectivity index (χ0n) is 11.7. The number of carbonyl (C=O) groups excluding carboxylic acids is 2. The first-order valence-electron chi connectivity index (χ1n) is 7.09. The van der Waals surface area contributed by atoms with E-state index in [1.54, 1.807) is 18.3 Å². The summed E-state index contributed by atoms with van der Waals surface area (Å²) in [5.41, 5.74) is 0.367. The molecule has 1 atom stereocenters. The lowest BCUT2D eigenvalue weighted by Crippen LogP contribution is -2.45. The number of hydrogen-bond donors (Lipinski definition) is 0. The Morgan fingerprint density at radius 2 is 2.30 bits per heavy atom. The summed E-state index contributed by atoms with van der Waals surface area (Å²) >= 11 is 0. The van der Waals surface area contributed by atoms with Gasteiger partial charge >= 0.3 is 5.97 Å². The summed E-state index contributed by atoms with van der Waals surface area (Å²) in [6.45, 7) is 2.66. The molecule has 1 aromatic heterocycles. The molecule has 1 unspecified atom stereocenters. The Kier molecular flexibility index (Phi) is 5.09. The number of ether oxygens (including phenoxy) is 1. The Morgan fingerprint density at radius 3 is 3.00 bits per heavy atom. The smallest absolute Gasteiger partial charge is 0.340 e. The number of amides is 1. The van der Waals surface area contributed by atoms with Gasteiger partial charge in [-0.15, -0.1) is 0 Å². The molecule has 5 nitrogen and oxygen atoms in total. The molecule has 20 heavy (non-hydrogen) atoms. The van der Waals surface area contributed by atoms with Crippen LogP contribution >= 0.6 is 0 Å². The number of pyridine rings is 1. The molecule has 5 heteroatoms. The molecule has 1 amide bonds. The Balaban J connectivity index is 1.87. The highest BCUT2D eigenvalue weighted by atomic mass is 16.5. The third-order valence-corrected chi connectivity index (χ3v) is 3.64. The van der Waals surface area contributed by atoms with E-state index in [4.69, 9.17) is 4.74 Å². The van der Waals surface area contributed by atoms with E-state index >= 15 is 0 Å². The van der Waals surface area contributed by atoms with Crippen molar-refractivity contribution in [2.45, 2.75) is 38.6 Å². The maximum Gasteiger partial charge on any atom is 0.340 e. The van der Waals surface area contributed by atoms with Crippen molar-refractivity contribution in [2.75, 3.05) is 13.2 Å². The van der Waals surface area contributed by atoms with Gasteiger partial charge in [-0.05, 0) is 37.8 Å². The first-order valence-corrected chi connectivity index (χ1v) is 7.09. The van der Waals surface area contributed by atoms with Gasteiger partial charge in [0.05, 0.1) is 5.56 Å². The molecule has 1 aromatic rings. The molecule has 0 saturated carbocycles. The van der Waals surface area contributed by atoms with Crippen LogP contribution in [0.3, 0.4) is 0 Å². The molecule has 1 fully saturated rings. The number of carbonyl (C=O) groups is 2. The Hall–Kier alpha value is -1.91. The summed E-state index contributed by atoms with van der Waals surface area (Å²) < 4.78 is 5.07. The number of rotatable bonds is 4. The van der Waals surface area contributed by atoms with Gasteiger partial charge in [0.25, 0.3) is 5.91 Å². The fourth-order valence-corrected chi connectivity index (χ4v) is 2.53. The number of hydrogen-bond acceptors (Lipinski definition) is 4. The second kappa shape index (κ2) is 7.03. The zero-order valence-corrected chi connectivity index (χ0v) is 11.7. The van der Waals surface area contributed by atoms with Crippen LogP contribution in [0.25, 0.3) is 0 Å². The van der Waals surface area contributed by atoms with E-state index < -0.39 is 5.97 Å². The van der Waals surface area contributed by atoms with Crippen molar-refractivity contribution in [1.29, 1.82) is 0 Å². The summed E-state index contributed by atoms with van der Waals surface area (Å²) in [4.78, 5) is 29.6. The molecule has 0 bridgehead atoms. The summed E-state index contributed by atoms with van der Waals surface area (Å²) in [6, 6.07) is 3.57. The monoisotopic (exact) mass is 276 g/mol. The van der Waals surface area contributed by atoms with Crippen LogP contribution in [0.1, 0.15) is 43.0 Å². The lowest BCUT2D eigenvalue weighted by Gasteiger charge is -2.35. The van der Waals surface area contributed by atoms with Gasteiger partial charge in [-0.1, -0.05) is 6.92 Å². The topological polar surface area (TPSA) is 59.5 Å². The quantitative estimate of drug-likeness (QED) is 0.789. The predicted molar refractivity (Wildman–Crippen MR) is 74.2 cm³/mol. The SMILES string of the molecule is CCC1CCCCN1C(=O)COC(=O)c1cccnc1. The van der Waals surface area contributed by atoms with Crippen molar-refractivity contribution >= 4 is 11.9 Å². The van der Waals surface area contributed by atoms with Crippen molar-refractivity contribution in [3.8, 4) is 0 Å². The van der Waals surface area contributed by atoms with Gasteiger partial charge in [-0.2, -0.15) is 0 Å². The van der Waals surface area contributed by atoms with Gasteiger partial charge in [0.15, 0.2) is 6.61 Å². The van der Waals surface area contributed by atoms with E-state index in [1.807, 2.05) is 4.90 Å². The standard InChI is InChI=1S/C15H20N2O3/c1-2-13-7-3-4-9-17(13)14(18)11-20-15(19)12-6-5-8-16-10-12/h5-6,8,10,13H,2-4,7,9,11H2,1H3. The van der Waals surface area contributed by atoms with E-state index in [1.165, 1.54) is 6.20 Å². The number of likely N-dealkylation sites (tertiary alicyclic amines) is 1. The average molecular weight is 276 g/mol. The Morgan fingerprint density at radius 1 is 1.45 bits per heavy atom. The third-order valence-electron chi connectivity index (χ3n) is 3.64. The van der Waals surface area contributed by atoms with Crippen LogP contribution in [0.2, 0.25) is 0 Å². The number of esters is 1. The second-order valence-electron chi connectivity index (χ2n) is 4.96. The lowest BCUT2D eigenvalue weighted by atomic mass is 10.00. The van der Waals surface area contributed by atoms with Gasteiger partial charge in [0.1, 0.15) is 0 Å². The molecular formula is C15H20N2O3. The number of piperidine rings is 1. The molecule has 2 rings (SSSR count). The molecule has 0 aliphatic carbocycles. The fourth-order valence-electron chi connectivity index (χ4n) is 2.53. The van der Waals surface area contributed by atoms with Crippen LogP contribution in [0, 0.1) is 0 Å². The normalized spacial score (nSPS) is 18.6. The molecule has 2 heterocycles. The molecule has 1 saturated heterocycles. The van der Waals surface area contributed by atoms with Crippen LogP contribution < -0.4 is 0 Å². The van der Waals surface area contributed by atoms with E-state index in [9.17, 15) is 9.59 Å². The minimum Gasteiger partial charge on any atom is -0.452 e. The fraction of sp³-hybridized carbons (Fsp3) is 0.533. The maximum absolute atomic E-state index is 12.1. The van der Waals surface area contributed by atoms with Crippen LogP contribution in [0.15, 0.2) is 24.5 Å². The number of nitrogens with zero attached hydrogens (tertiary/aromatic N) is 2. The van der Waals surface area contributed by atoms with E-state index in [2.05, 4.69) is 11.9 Å². The largest absolute Gasteiger partial charge is 0.452 e. The molecule has 0 aromatic carbocycles. The predicted octanol–water partition coefficient (Wildman–Crippen LogP) is 2.03. The molecule has 0 spiro atoms. The molecular weight excluding hydrogens is 256 g/mol. The highest BCUT2D eigenvalue weighted by Crippen LogP contribution is 2.19. The van der Waals surface area contributed by atoms with Crippen molar-refractivity contribution in [3.05, 3.63) is 30.1 Å². The van der Waals surface area contributed by atoms with Crippen molar-refractivity contribution < 1.29 is 14.3 Å². The van der Waals surface area contributed by atoms with Crippen LogP contribution in [-0.2, 0) is 9.53 Å². The van der Waals surface area contributed by atoms with Gasteiger partial charge in [-0.25, -0.2) is 4.79 Å². The molecule has 1 aliphatic heterocycles. The van der Waals surface area contributed by atoms with E-state index in [0.29, 0.717) is 5.56 Å². The van der Waals surface area contributed by atoms with Gasteiger partial charge in [0.2, 0.25) is 0 Å². The third kappa shape index (κ3) is 3.56. The molecule has 0 N–H and O–H groups in total. The summed E-state index contributed by atoms with van der Waals surface area (Å²) in [5, 5.41) is 0. The Labute approximate surface area is 118 Å². The highest BCUT2D eigenvalue weighted by Gasteiger charge is 2.25. The van der Waals surface area contributed by atoms with Crippen LogP contribution in [0.4, 0.5) is 0 Å². The summed E-state index contributed by atoms with van der Waals surface area (Å²) in [7, 11) is 0. The van der Waals surface area contributed by atoms with Crippen molar-refractivity contribution in [2.24, 2.45) is 0 Å². The van der Waals surface area contributed by atoms with Crippen LogP contribution in [-0.4, -0.2) is 41.0 Å². The van der Waals surface area contributed by atoms with E-state index in [-0.39, 0.29) is 18.6 Å². The van der Waals surface area contributed by atoms with Crippen molar-refractivity contribution in [3.63, 3.8) is 0 Å². The highest BCUT2D eigenvalue weighted by molar-refractivity contribution is 5.91. The van der Waals surface area contributed by atoms with Gasteiger partial charge < -0.3 is 9.64 Å². The molecule has 0 radical (unpaired) electrons. The zero-order chi connectivity index (χ0) is 14.4. The summed E-state index contributed by atoms with van der Waals surface area (Å²) in [6.07, 6.45) is 7.20. The first kappa shape index (κ1) is 14.5. The van der Waals surface area contributed by atoms with Gasteiger partial charge in [0, 0.05) is 25.0 Å². The second-order valence-corrected chi connectivity index (χ2v) is 4.96. The molecule has 108 valence electrons. The number of aromatic nitrogens is 1. The van der Waals surface area contributed by atoms with Gasteiger partial charge in [-0.3, -0.25) is 9.78 Å². The Bertz CT molecular complexity index is 461. The van der Waals surface area contributed by atoms with E-state index in [0.717, 1.165) is 32.2 Å². The molecule has 1 aliphatic rings. The van der Waals surface area contributed by atoms with Crippen LogP contribution in [0.5, 0.6) is 0 Å². The first-order chi connectivity index (χ1) is 9.72. The lowest BCUT2D eigenvalue weighted by molar-refractivity contribution is -0.138. The minimum atomic E-state index is -0.503. The minimum absolute atomic E-state index is 0.103. The summed E-state index contributed by atoms with van der Waals surface area (Å²) in [5.74, 6) is -0.606. The van der Waals surface area contributed by atoms with Crippen molar-refractivity contribution in [1.82, 2.24) is 9.88 Å². The maximum atomic E-state index is 12.1. The average Bonchev–Trinajstić information content (AvgIpc) is 2.53.